The first-order valence-electron chi connectivity index (χ1n) is 6.43. The number of nitrogens with two attached hydrogens (primary N) is 1. The number of esters is 1. The van der Waals surface area contributed by atoms with Gasteiger partial charge in [-0.25, -0.2) is 4.98 Å². The number of ether oxygens (including phenoxy) is 2. The lowest BCUT2D eigenvalue weighted by molar-refractivity contribution is -0.142. The predicted molar refractivity (Wildman–Crippen MR) is 83.1 cm³/mol. The molecule has 0 unspecified atom stereocenters. The summed E-state index contributed by atoms with van der Waals surface area (Å²) in [6, 6.07) is 5.40. The van der Waals surface area contributed by atoms with Gasteiger partial charge in [-0.3, -0.25) is 4.79 Å². The summed E-state index contributed by atoms with van der Waals surface area (Å²) in [6.45, 7) is 2.15. The molecule has 1 aromatic carbocycles. The lowest BCUT2D eigenvalue weighted by Crippen LogP contribution is -2.07. The van der Waals surface area contributed by atoms with Crippen LogP contribution in [0.2, 0.25) is 0 Å². The molecule has 2 aromatic rings. The number of benzene rings is 1. The van der Waals surface area contributed by atoms with Gasteiger partial charge < -0.3 is 20.5 Å². The van der Waals surface area contributed by atoms with E-state index in [4.69, 9.17) is 15.2 Å². The molecule has 0 spiro atoms. The smallest absolute Gasteiger partial charge is 0.311 e. The monoisotopic (exact) mass is 307 g/mol. The normalized spacial score (nSPS) is 10.2. The van der Waals surface area contributed by atoms with Gasteiger partial charge in [-0.1, -0.05) is 0 Å². The highest BCUT2D eigenvalue weighted by Gasteiger charge is 2.09. The van der Waals surface area contributed by atoms with Crippen LogP contribution >= 0.6 is 11.3 Å². The van der Waals surface area contributed by atoms with Crippen LogP contribution in [-0.2, 0) is 16.0 Å². The summed E-state index contributed by atoms with van der Waals surface area (Å²) < 4.78 is 9.99. The Morgan fingerprint density at radius 2 is 2.29 bits per heavy atom. The maximum absolute atomic E-state index is 11.4. The Bertz CT molecular complexity index is 628. The van der Waals surface area contributed by atoms with Crippen LogP contribution in [0.1, 0.15) is 12.6 Å². The summed E-state index contributed by atoms with van der Waals surface area (Å²) in [7, 11) is 1.57. The van der Waals surface area contributed by atoms with Crippen molar-refractivity contribution in [2.24, 2.45) is 0 Å². The first kappa shape index (κ1) is 15.1. The van der Waals surface area contributed by atoms with Gasteiger partial charge in [-0.05, 0) is 25.1 Å². The Balaban J connectivity index is 2.02. The van der Waals surface area contributed by atoms with E-state index in [1.807, 2.05) is 11.4 Å². The van der Waals surface area contributed by atoms with E-state index in [1.165, 1.54) is 11.3 Å². The van der Waals surface area contributed by atoms with Crippen LogP contribution in [0.15, 0.2) is 23.6 Å². The summed E-state index contributed by atoms with van der Waals surface area (Å²) in [5.41, 5.74) is 7.89. The Labute approximate surface area is 126 Å². The SMILES string of the molecule is CCOC(=O)Cc1csc(Nc2ccc(OC)c(N)c2)n1. The molecule has 3 N–H and O–H groups in total. The van der Waals surface area contributed by atoms with Crippen molar-refractivity contribution in [2.45, 2.75) is 13.3 Å². The molecular formula is C14H17N3O3S. The summed E-state index contributed by atoms with van der Waals surface area (Å²) in [6.07, 6.45) is 0.177. The largest absolute Gasteiger partial charge is 0.495 e. The maximum atomic E-state index is 11.4. The van der Waals surface area contributed by atoms with Gasteiger partial charge in [0.2, 0.25) is 0 Å². The molecule has 0 saturated carbocycles. The van der Waals surface area contributed by atoms with Crippen molar-refractivity contribution in [3.63, 3.8) is 0 Å². The number of rotatable bonds is 6. The molecule has 1 heterocycles. The highest BCUT2D eigenvalue weighted by Crippen LogP contribution is 2.27. The topological polar surface area (TPSA) is 86.5 Å². The molecule has 7 heteroatoms. The third kappa shape index (κ3) is 4.09. The summed E-state index contributed by atoms with van der Waals surface area (Å²) in [5.74, 6) is 0.353. The molecular weight excluding hydrogens is 290 g/mol. The quantitative estimate of drug-likeness (QED) is 0.630. The lowest BCUT2D eigenvalue weighted by Gasteiger charge is -2.07. The van der Waals surface area contributed by atoms with Gasteiger partial charge in [0.15, 0.2) is 5.13 Å². The zero-order chi connectivity index (χ0) is 15.2. The minimum absolute atomic E-state index is 0.177. The van der Waals surface area contributed by atoms with Gasteiger partial charge in [0.05, 0.1) is 31.5 Å². The number of nitrogens with zero attached hydrogens (tertiary/aromatic N) is 1. The Hall–Kier alpha value is -2.28. The van der Waals surface area contributed by atoms with E-state index < -0.39 is 0 Å². The van der Waals surface area contributed by atoms with Crippen LogP contribution in [0, 0.1) is 0 Å². The van der Waals surface area contributed by atoms with Crippen LogP contribution in [0.25, 0.3) is 0 Å². The minimum Gasteiger partial charge on any atom is -0.495 e. The molecule has 0 bridgehead atoms. The van der Waals surface area contributed by atoms with Crippen LogP contribution in [0.4, 0.5) is 16.5 Å². The summed E-state index contributed by atoms with van der Waals surface area (Å²) in [5, 5.41) is 5.66. The minimum atomic E-state index is -0.275. The molecule has 0 amide bonds. The van der Waals surface area contributed by atoms with Crippen LogP contribution in [-0.4, -0.2) is 24.7 Å². The van der Waals surface area contributed by atoms with E-state index in [0.717, 1.165) is 5.69 Å². The molecule has 0 fully saturated rings. The van der Waals surface area contributed by atoms with Crippen molar-refractivity contribution in [3.8, 4) is 5.75 Å². The molecule has 21 heavy (non-hydrogen) atoms. The number of nitrogen functional groups attached to an aromatic ring is 1. The zero-order valence-electron chi connectivity index (χ0n) is 11.9. The van der Waals surface area contributed by atoms with Crippen LogP contribution in [0.3, 0.4) is 0 Å². The van der Waals surface area contributed by atoms with Gasteiger partial charge in [0, 0.05) is 11.1 Å². The van der Waals surface area contributed by atoms with Crippen LogP contribution < -0.4 is 15.8 Å². The number of hydrogen-bond donors (Lipinski definition) is 2. The second-order valence-electron chi connectivity index (χ2n) is 4.21. The molecule has 112 valence electrons. The van der Waals surface area contributed by atoms with E-state index in [9.17, 15) is 4.79 Å². The second-order valence-corrected chi connectivity index (χ2v) is 5.07. The standard InChI is InChI=1S/C14H17N3O3S/c1-3-20-13(18)7-10-8-21-14(17-10)16-9-4-5-12(19-2)11(15)6-9/h4-6,8H,3,7,15H2,1-2H3,(H,16,17). The molecule has 0 radical (unpaired) electrons. The average Bonchev–Trinajstić information content (AvgIpc) is 2.86. The number of nitrogens with one attached hydrogen (secondary N) is 1. The maximum Gasteiger partial charge on any atom is 0.311 e. The van der Waals surface area contributed by atoms with Gasteiger partial charge in [0.1, 0.15) is 5.75 Å². The number of carbonyl (C=O) groups is 1. The Kier molecular flexibility index (Phi) is 4.99. The molecule has 0 atom stereocenters. The van der Waals surface area contributed by atoms with Gasteiger partial charge in [0.25, 0.3) is 0 Å². The van der Waals surface area contributed by atoms with Crippen LogP contribution in [0.5, 0.6) is 5.75 Å². The highest BCUT2D eigenvalue weighted by atomic mass is 32.1. The first-order chi connectivity index (χ1) is 10.1. The van der Waals surface area contributed by atoms with E-state index in [1.54, 1.807) is 26.2 Å². The van der Waals surface area contributed by atoms with Crippen molar-refractivity contribution >= 4 is 33.8 Å². The fraction of sp³-hybridized carbons (Fsp3) is 0.286. The number of anilines is 3. The summed E-state index contributed by atoms with van der Waals surface area (Å²) >= 11 is 1.42. The van der Waals surface area contributed by atoms with Crippen molar-refractivity contribution in [2.75, 3.05) is 24.8 Å². The van der Waals surface area contributed by atoms with E-state index in [0.29, 0.717) is 28.9 Å². The molecule has 1 aromatic heterocycles. The molecule has 0 saturated heterocycles. The van der Waals surface area contributed by atoms with E-state index in [-0.39, 0.29) is 12.4 Å². The predicted octanol–water partition coefficient (Wildman–Crippen LogP) is 2.58. The molecule has 6 nitrogen and oxygen atoms in total. The second kappa shape index (κ2) is 6.94. The number of aromatic nitrogens is 1. The van der Waals surface area contributed by atoms with Gasteiger partial charge in [-0.15, -0.1) is 11.3 Å². The van der Waals surface area contributed by atoms with E-state index >= 15 is 0 Å². The zero-order valence-corrected chi connectivity index (χ0v) is 12.7. The third-order valence-electron chi connectivity index (χ3n) is 2.66. The average molecular weight is 307 g/mol. The number of thiazole rings is 1. The lowest BCUT2D eigenvalue weighted by atomic mass is 10.2. The fourth-order valence-electron chi connectivity index (χ4n) is 1.74. The number of carbonyl (C=O) groups excluding carboxylic acids is 1. The fourth-order valence-corrected chi connectivity index (χ4v) is 2.47. The Morgan fingerprint density at radius 3 is 2.95 bits per heavy atom. The van der Waals surface area contributed by atoms with Gasteiger partial charge in [-0.2, -0.15) is 0 Å². The number of methoxy groups -OCH3 is 1. The Morgan fingerprint density at radius 1 is 1.48 bits per heavy atom. The molecule has 0 aliphatic heterocycles. The van der Waals surface area contributed by atoms with E-state index in [2.05, 4.69) is 10.3 Å². The van der Waals surface area contributed by atoms with Crippen molar-refractivity contribution in [1.29, 1.82) is 0 Å². The molecule has 2 rings (SSSR count). The third-order valence-corrected chi connectivity index (χ3v) is 3.47. The number of hydrogen-bond acceptors (Lipinski definition) is 7. The van der Waals surface area contributed by atoms with Gasteiger partial charge >= 0.3 is 5.97 Å². The first-order valence-corrected chi connectivity index (χ1v) is 7.31. The highest BCUT2D eigenvalue weighted by molar-refractivity contribution is 7.13. The summed E-state index contributed by atoms with van der Waals surface area (Å²) in [4.78, 5) is 15.7. The molecule has 0 aliphatic rings. The van der Waals surface area contributed by atoms with Crippen molar-refractivity contribution in [1.82, 2.24) is 4.98 Å². The molecule has 0 aliphatic carbocycles. The van der Waals surface area contributed by atoms with Crippen molar-refractivity contribution in [3.05, 3.63) is 29.3 Å². The van der Waals surface area contributed by atoms with Crippen molar-refractivity contribution < 1.29 is 14.3 Å².